The number of allylic oxidation sites excluding steroid dienone is 3. The van der Waals surface area contributed by atoms with Gasteiger partial charge in [0.2, 0.25) is 0 Å². The fourth-order valence-electron chi connectivity index (χ4n) is 2.59. The second-order valence-electron chi connectivity index (χ2n) is 6.83. The van der Waals surface area contributed by atoms with E-state index in [0.717, 1.165) is 0 Å². The van der Waals surface area contributed by atoms with E-state index in [4.69, 9.17) is 0 Å². The van der Waals surface area contributed by atoms with Gasteiger partial charge in [0, 0.05) is 0 Å². The van der Waals surface area contributed by atoms with Crippen molar-refractivity contribution in [3.63, 3.8) is 0 Å². The molecule has 0 aromatic heterocycles. The van der Waals surface area contributed by atoms with E-state index in [1.54, 1.807) is 16.8 Å². The summed E-state index contributed by atoms with van der Waals surface area (Å²) in [5, 5.41) is 0. The van der Waals surface area contributed by atoms with E-state index in [2.05, 4.69) is 64.4 Å². The molecule has 0 bridgehead atoms. The molecule has 0 radical (unpaired) electrons. The molecule has 5 heteroatoms. The summed E-state index contributed by atoms with van der Waals surface area (Å²) in [4.78, 5) is 0. The van der Waals surface area contributed by atoms with Gasteiger partial charge in [-0.25, -0.2) is 0 Å². The van der Waals surface area contributed by atoms with Crippen LogP contribution in [0.25, 0.3) is 0 Å². The summed E-state index contributed by atoms with van der Waals surface area (Å²) < 4.78 is 2.85. The molecule has 0 aromatic rings. The molecule has 0 N–H and O–H groups in total. The maximum atomic E-state index is 2.85. The zero-order valence-electron chi connectivity index (χ0n) is 14.4. The molecule has 118 valence electrons. The summed E-state index contributed by atoms with van der Waals surface area (Å²) in [5.74, 6) is 0.201. The van der Waals surface area contributed by atoms with E-state index in [-0.39, 0.29) is 24.8 Å². The molecule has 1 nitrogen and oxygen atoms in total. The summed E-state index contributed by atoms with van der Waals surface area (Å²) in [6.07, 6.45) is 0. The van der Waals surface area contributed by atoms with Crippen molar-refractivity contribution in [1.82, 2.24) is 2.84 Å². The zero-order chi connectivity index (χ0) is 14.2. The van der Waals surface area contributed by atoms with Crippen molar-refractivity contribution in [2.24, 2.45) is 5.92 Å². The number of hydrogen-bond acceptors (Lipinski definition) is 1. The van der Waals surface area contributed by atoms with Crippen LogP contribution < -0.4 is 0 Å². The first-order valence-corrected chi connectivity index (χ1v) is 15.3. The zero-order valence-corrected chi connectivity index (χ0v) is 19.7. The van der Waals surface area contributed by atoms with Crippen LogP contribution in [0.5, 0.6) is 0 Å². The van der Waals surface area contributed by atoms with Crippen molar-refractivity contribution in [2.75, 3.05) is 0 Å². The first kappa shape index (κ1) is 23.2. The molecule has 0 saturated carbocycles. The predicted molar refractivity (Wildman–Crippen MR) is 95.2 cm³/mol. The number of nitrogens with zero attached hydrogens (tertiary/aromatic N) is 1. The van der Waals surface area contributed by atoms with Gasteiger partial charge >= 0.3 is 127 Å². The van der Waals surface area contributed by atoms with E-state index in [9.17, 15) is 0 Å². The Kier molecular flexibility index (Phi) is 9.94. The van der Waals surface area contributed by atoms with Gasteiger partial charge in [-0.15, -0.1) is 24.8 Å². The normalized spacial score (nSPS) is 19.0. The molecule has 1 aliphatic rings. The second kappa shape index (κ2) is 8.56. The van der Waals surface area contributed by atoms with Crippen molar-refractivity contribution in [3.05, 3.63) is 22.4 Å². The SMILES string of the molecule is CC1=C(C)C(C)C([N]([Zr][SiH](C)C)C(C)(C)C)=C1C.Cl.Cl. The van der Waals surface area contributed by atoms with Crippen LogP contribution in [-0.2, 0) is 22.7 Å². The third-order valence-electron chi connectivity index (χ3n) is 3.90. The van der Waals surface area contributed by atoms with Crippen molar-refractivity contribution in [1.29, 1.82) is 0 Å². The van der Waals surface area contributed by atoms with Crippen LogP contribution in [0.2, 0.25) is 13.1 Å². The molecular weight excluding hydrogens is 384 g/mol. The van der Waals surface area contributed by atoms with E-state index in [1.165, 1.54) is 5.57 Å². The van der Waals surface area contributed by atoms with Gasteiger partial charge in [0.15, 0.2) is 0 Å². The molecule has 0 fully saturated rings. The van der Waals surface area contributed by atoms with Gasteiger partial charge in [0.1, 0.15) is 0 Å². The van der Waals surface area contributed by atoms with Gasteiger partial charge in [-0.3, -0.25) is 0 Å². The number of rotatable bonds is 3. The second-order valence-corrected chi connectivity index (χ2v) is 20.9. The minimum Gasteiger partial charge on any atom is -0.147 e. The molecule has 20 heavy (non-hydrogen) atoms. The topological polar surface area (TPSA) is 3.24 Å². The van der Waals surface area contributed by atoms with E-state index >= 15 is 0 Å². The first-order chi connectivity index (χ1) is 8.07. The summed E-state index contributed by atoms with van der Waals surface area (Å²) in [7, 11) is 0. The van der Waals surface area contributed by atoms with Gasteiger partial charge in [0.05, 0.1) is 0 Å². The van der Waals surface area contributed by atoms with Crippen LogP contribution >= 0.6 is 24.8 Å². The average molecular weight is 416 g/mol. The van der Waals surface area contributed by atoms with Crippen LogP contribution in [0.15, 0.2) is 22.4 Å². The number of hydrogen-bond donors (Lipinski definition) is 0. The van der Waals surface area contributed by atoms with Gasteiger partial charge in [-0.05, 0) is 0 Å². The quantitative estimate of drug-likeness (QED) is 0.575. The van der Waals surface area contributed by atoms with E-state index in [1.807, 2.05) is 0 Å². The molecule has 0 heterocycles. The van der Waals surface area contributed by atoms with Crippen LogP contribution in [0.1, 0.15) is 48.5 Å². The summed E-state index contributed by atoms with van der Waals surface area (Å²) in [6.45, 7) is 21.5. The Bertz CT molecular complexity index is 397. The minimum absolute atomic E-state index is 0. The summed E-state index contributed by atoms with van der Waals surface area (Å²) >= 11 is -0.402. The maximum Gasteiger partial charge on any atom is -0.147 e. The Morgan fingerprint density at radius 2 is 1.45 bits per heavy atom. The third kappa shape index (κ3) is 5.00. The maximum absolute atomic E-state index is 2.85. The van der Waals surface area contributed by atoms with Crippen molar-refractivity contribution >= 4 is 30.7 Å². The van der Waals surface area contributed by atoms with E-state index < -0.39 is 28.6 Å². The summed E-state index contributed by atoms with van der Waals surface area (Å²) in [5.41, 5.74) is 6.65. The largest absolute Gasteiger partial charge is 0.147 e. The standard InChI is InChI=1S/C13H22N.C2H7Si.2ClH.Zr/c1-8-9(2)11(4)12(10(8)3)14-13(5,6)7;1-3-2;;;/h10H,1-7H3;3H,1-2H3;2*1H;/q-1;;;;+1. The van der Waals surface area contributed by atoms with E-state index in [0.29, 0.717) is 11.5 Å². The third-order valence-corrected chi connectivity index (χ3v) is 12.6. The molecule has 0 aliphatic heterocycles. The van der Waals surface area contributed by atoms with Crippen LogP contribution in [0, 0.1) is 5.92 Å². The van der Waals surface area contributed by atoms with Gasteiger partial charge < -0.3 is 0 Å². The predicted octanol–water partition coefficient (Wildman–Crippen LogP) is 5.17. The fraction of sp³-hybridized carbons (Fsp3) is 0.733. The first-order valence-electron chi connectivity index (χ1n) is 7.02. The molecule has 0 spiro atoms. The fourth-order valence-corrected chi connectivity index (χ4v) is 12.2. The van der Waals surface area contributed by atoms with Crippen molar-refractivity contribution in [3.8, 4) is 0 Å². The molecule has 0 amide bonds. The van der Waals surface area contributed by atoms with Crippen LogP contribution in [0.3, 0.4) is 0 Å². The molecule has 1 atom stereocenters. The Hall–Kier alpha value is 0.960. The van der Waals surface area contributed by atoms with Crippen molar-refractivity contribution in [2.45, 2.75) is 67.1 Å². The minimum atomic E-state index is -0.436. The Morgan fingerprint density at radius 3 is 1.70 bits per heavy atom. The molecule has 1 unspecified atom stereocenters. The molecule has 1 aliphatic carbocycles. The van der Waals surface area contributed by atoms with Gasteiger partial charge in [-0.1, -0.05) is 0 Å². The Balaban J connectivity index is 0. The summed E-state index contributed by atoms with van der Waals surface area (Å²) in [6, 6.07) is 0. The number of halogens is 2. The molecular formula is C15H31Cl2NSiZr. The monoisotopic (exact) mass is 413 g/mol. The smallest absolute Gasteiger partial charge is 0.147 e. The molecule has 0 saturated heterocycles. The van der Waals surface area contributed by atoms with Crippen LogP contribution in [-0.4, -0.2) is 14.3 Å². The molecule has 1 rings (SSSR count). The average Bonchev–Trinajstić information content (AvgIpc) is 2.39. The van der Waals surface area contributed by atoms with Gasteiger partial charge in [0.25, 0.3) is 0 Å². The van der Waals surface area contributed by atoms with Crippen LogP contribution in [0.4, 0.5) is 0 Å². The Labute approximate surface area is 151 Å². The molecule has 0 aromatic carbocycles. The van der Waals surface area contributed by atoms with Gasteiger partial charge in [-0.2, -0.15) is 0 Å². The van der Waals surface area contributed by atoms with Crippen molar-refractivity contribution < 1.29 is 22.7 Å². The Morgan fingerprint density at radius 1 is 1.00 bits per heavy atom.